The third kappa shape index (κ3) is 4.74. The molecule has 1 fully saturated rings. The van der Waals surface area contributed by atoms with Crippen LogP contribution in [0.3, 0.4) is 0 Å². The van der Waals surface area contributed by atoms with E-state index in [0.29, 0.717) is 6.54 Å². The van der Waals surface area contributed by atoms with Crippen molar-refractivity contribution in [3.05, 3.63) is 34.9 Å². The molecule has 2 unspecified atom stereocenters. The Kier molecular flexibility index (Phi) is 6.30. The maximum atomic E-state index is 10.1. The molecule has 0 aromatic heterocycles. The van der Waals surface area contributed by atoms with Gasteiger partial charge in [0.1, 0.15) is 0 Å². The van der Waals surface area contributed by atoms with Crippen molar-refractivity contribution in [1.29, 1.82) is 0 Å². The van der Waals surface area contributed by atoms with Crippen molar-refractivity contribution in [2.24, 2.45) is 0 Å². The number of halogens is 1. The van der Waals surface area contributed by atoms with E-state index in [4.69, 9.17) is 11.6 Å². The van der Waals surface area contributed by atoms with E-state index in [0.717, 1.165) is 31.1 Å². The lowest BCUT2D eigenvalue weighted by Gasteiger charge is -2.23. The Bertz CT molecular complexity index is 407. The predicted molar refractivity (Wildman–Crippen MR) is 84.2 cm³/mol. The van der Waals surface area contributed by atoms with Crippen LogP contribution in [0.15, 0.2) is 24.3 Å². The van der Waals surface area contributed by atoms with Gasteiger partial charge in [-0.25, -0.2) is 0 Å². The van der Waals surface area contributed by atoms with Crippen molar-refractivity contribution >= 4 is 11.6 Å². The molecule has 2 N–H and O–H groups in total. The van der Waals surface area contributed by atoms with Crippen LogP contribution in [0.25, 0.3) is 0 Å². The summed E-state index contributed by atoms with van der Waals surface area (Å²) in [5.41, 5.74) is 1.19. The Morgan fingerprint density at radius 1 is 1.35 bits per heavy atom. The van der Waals surface area contributed by atoms with Crippen LogP contribution in [0.1, 0.15) is 37.8 Å². The zero-order chi connectivity index (χ0) is 14.4. The Hall–Kier alpha value is -0.610. The minimum atomic E-state index is -0.304. The largest absolute Gasteiger partial charge is 0.390 e. The summed E-state index contributed by atoms with van der Waals surface area (Å²) in [6.07, 6.45) is 3.21. The van der Waals surface area contributed by atoms with Gasteiger partial charge < -0.3 is 15.3 Å². The van der Waals surface area contributed by atoms with Crippen LogP contribution < -0.4 is 5.32 Å². The monoisotopic (exact) mass is 296 g/mol. The highest BCUT2D eigenvalue weighted by molar-refractivity contribution is 6.30. The molecule has 20 heavy (non-hydrogen) atoms. The second kappa shape index (κ2) is 7.99. The lowest BCUT2D eigenvalue weighted by Crippen LogP contribution is -2.38. The van der Waals surface area contributed by atoms with Gasteiger partial charge in [-0.1, -0.05) is 30.7 Å². The Labute approximate surface area is 126 Å². The quantitative estimate of drug-likeness (QED) is 0.812. The maximum absolute atomic E-state index is 10.1. The summed E-state index contributed by atoms with van der Waals surface area (Å²) in [4.78, 5) is 2.34. The molecule has 3 nitrogen and oxygen atoms in total. The molecule has 2 rings (SSSR count). The summed E-state index contributed by atoms with van der Waals surface area (Å²) < 4.78 is 0. The summed E-state index contributed by atoms with van der Waals surface area (Å²) in [7, 11) is 0. The fourth-order valence-corrected chi connectivity index (χ4v) is 3.03. The molecule has 0 bridgehead atoms. The van der Waals surface area contributed by atoms with Crippen LogP contribution >= 0.6 is 11.6 Å². The van der Waals surface area contributed by atoms with Crippen molar-refractivity contribution in [3.63, 3.8) is 0 Å². The van der Waals surface area contributed by atoms with E-state index in [1.165, 1.54) is 18.4 Å². The molecule has 2 atom stereocenters. The van der Waals surface area contributed by atoms with Crippen LogP contribution in [0.4, 0.5) is 0 Å². The van der Waals surface area contributed by atoms with Crippen LogP contribution in [-0.4, -0.2) is 42.3 Å². The van der Waals surface area contributed by atoms with Gasteiger partial charge in [-0.15, -0.1) is 0 Å². The smallest absolute Gasteiger partial charge is 0.0791 e. The molecule has 1 aliphatic heterocycles. The van der Waals surface area contributed by atoms with Crippen LogP contribution in [0, 0.1) is 0 Å². The van der Waals surface area contributed by atoms with Crippen molar-refractivity contribution in [3.8, 4) is 0 Å². The number of nitrogens with one attached hydrogen (secondary N) is 1. The highest BCUT2D eigenvalue weighted by atomic mass is 35.5. The number of nitrogens with zero attached hydrogens (tertiary/aromatic N) is 1. The molecule has 0 saturated carbocycles. The number of likely N-dealkylation sites (tertiary alicyclic amines) is 1. The number of hydrogen-bond donors (Lipinski definition) is 2. The summed E-state index contributed by atoms with van der Waals surface area (Å²) in [6, 6.07) is 8.19. The van der Waals surface area contributed by atoms with Crippen LogP contribution in [0.5, 0.6) is 0 Å². The predicted octanol–water partition coefficient (Wildman–Crippen LogP) is 2.84. The van der Waals surface area contributed by atoms with Crippen molar-refractivity contribution in [2.45, 2.75) is 38.3 Å². The zero-order valence-corrected chi connectivity index (χ0v) is 12.9. The fourth-order valence-electron chi connectivity index (χ4n) is 2.83. The van der Waals surface area contributed by atoms with Gasteiger partial charge in [0.15, 0.2) is 0 Å². The van der Waals surface area contributed by atoms with Gasteiger partial charge in [-0.05, 0) is 50.0 Å². The zero-order valence-electron chi connectivity index (χ0n) is 12.2. The van der Waals surface area contributed by atoms with Crippen molar-refractivity contribution in [2.75, 3.05) is 26.2 Å². The molecule has 0 spiro atoms. The summed E-state index contributed by atoms with van der Waals surface area (Å²) >= 11 is 6.04. The van der Waals surface area contributed by atoms with E-state index in [1.54, 1.807) is 0 Å². The van der Waals surface area contributed by atoms with E-state index in [9.17, 15) is 5.11 Å². The van der Waals surface area contributed by atoms with Gasteiger partial charge in [-0.3, -0.25) is 0 Å². The number of aliphatic hydroxyl groups excluding tert-OH is 1. The van der Waals surface area contributed by atoms with E-state index in [-0.39, 0.29) is 12.1 Å². The number of rotatable bonds is 7. The van der Waals surface area contributed by atoms with Gasteiger partial charge in [0, 0.05) is 24.2 Å². The molecule has 0 radical (unpaired) electrons. The lowest BCUT2D eigenvalue weighted by molar-refractivity contribution is 0.120. The molecule has 4 heteroatoms. The van der Waals surface area contributed by atoms with Gasteiger partial charge in [0.05, 0.1) is 6.10 Å². The SMILES string of the molecule is CCC(NCC(O)CN1CCCC1)c1cccc(Cl)c1. The molecule has 1 heterocycles. The second-order valence-corrected chi connectivity index (χ2v) is 6.02. The normalized spacial score (nSPS) is 19.1. The Balaban J connectivity index is 1.80. The van der Waals surface area contributed by atoms with E-state index in [1.807, 2.05) is 18.2 Å². The molecule has 1 saturated heterocycles. The Morgan fingerprint density at radius 2 is 2.10 bits per heavy atom. The first-order valence-corrected chi connectivity index (χ1v) is 7.96. The van der Waals surface area contributed by atoms with Gasteiger partial charge in [-0.2, -0.15) is 0 Å². The van der Waals surface area contributed by atoms with Crippen molar-refractivity contribution < 1.29 is 5.11 Å². The van der Waals surface area contributed by atoms with Crippen LogP contribution in [0.2, 0.25) is 5.02 Å². The third-order valence-electron chi connectivity index (χ3n) is 3.93. The molecule has 1 aliphatic rings. The lowest BCUT2D eigenvalue weighted by atomic mass is 10.0. The first kappa shape index (κ1) is 15.8. The van der Waals surface area contributed by atoms with Gasteiger partial charge in [0.25, 0.3) is 0 Å². The van der Waals surface area contributed by atoms with Crippen molar-refractivity contribution in [1.82, 2.24) is 10.2 Å². The summed E-state index contributed by atoms with van der Waals surface area (Å²) in [5, 5.41) is 14.3. The molecule has 0 amide bonds. The average molecular weight is 297 g/mol. The highest BCUT2D eigenvalue weighted by Crippen LogP contribution is 2.20. The van der Waals surface area contributed by atoms with E-state index < -0.39 is 0 Å². The fraction of sp³-hybridized carbons (Fsp3) is 0.625. The summed E-state index contributed by atoms with van der Waals surface area (Å²) in [6.45, 7) is 5.80. The van der Waals surface area contributed by atoms with E-state index >= 15 is 0 Å². The Morgan fingerprint density at radius 3 is 2.75 bits per heavy atom. The van der Waals surface area contributed by atoms with E-state index in [2.05, 4.69) is 23.2 Å². The minimum absolute atomic E-state index is 0.252. The number of aliphatic hydroxyl groups is 1. The highest BCUT2D eigenvalue weighted by Gasteiger charge is 2.17. The third-order valence-corrected chi connectivity index (χ3v) is 4.16. The molecule has 1 aromatic rings. The summed E-state index contributed by atoms with van der Waals surface area (Å²) in [5.74, 6) is 0. The first-order valence-electron chi connectivity index (χ1n) is 7.58. The number of benzene rings is 1. The topological polar surface area (TPSA) is 35.5 Å². The first-order chi connectivity index (χ1) is 9.69. The number of β-amino-alcohol motifs (C(OH)–C–C–N with tert-alkyl or cyclic N) is 1. The molecule has 1 aromatic carbocycles. The van der Waals surface area contributed by atoms with Gasteiger partial charge >= 0.3 is 0 Å². The van der Waals surface area contributed by atoms with Gasteiger partial charge in [0.2, 0.25) is 0 Å². The number of hydrogen-bond acceptors (Lipinski definition) is 3. The molecular weight excluding hydrogens is 272 g/mol. The molecule has 112 valence electrons. The maximum Gasteiger partial charge on any atom is 0.0791 e. The minimum Gasteiger partial charge on any atom is -0.390 e. The standard InChI is InChI=1S/C16H25ClN2O/c1-2-16(13-6-5-7-14(17)10-13)18-11-15(20)12-19-8-3-4-9-19/h5-7,10,15-16,18,20H,2-4,8-9,11-12H2,1H3. The molecule has 0 aliphatic carbocycles. The average Bonchev–Trinajstić information content (AvgIpc) is 2.92. The second-order valence-electron chi connectivity index (χ2n) is 5.59. The molecular formula is C16H25ClN2O. The van der Waals surface area contributed by atoms with Crippen LogP contribution in [-0.2, 0) is 0 Å².